The molecule has 1 heterocycles. The minimum absolute atomic E-state index is 0.125. The second-order valence-corrected chi connectivity index (χ2v) is 5.91. The van der Waals surface area contributed by atoms with Crippen LogP contribution in [0.4, 0.5) is 0 Å². The smallest absolute Gasteiger partial charge is 0.251 e. The van der Waals surface area contributed by atoms with Crippen LogP contribution >= 0.6 is 15.9 Å². The first-order valence-corrected chi connectivity index (χ1v) is 7.38. The Morgan fingerprint density at radius 3 is 2.62 bits per heavy atom. The van der Waals surface area contributed by atoms with E-state index in [9.17, 15) is 14.7 Å². The molecule has 0 saturated carbocycles. The molecule has 114 valence electrons. The van der Waals surface area contributed by atoms with Gasteiger partial charge in [-0.25, -0.2) is 0 Å². The topological polar surface area (TPSA) is 87.7 Å². The Morgan fingerprint density at radius 2 is 2.00 bits per heavy atom. The number of rotatable bonds is 5. The van der Waals surface area contributed by atoms with Crippen LogP contribution in [0.15, 0.2) is 28.7 Å². The fourth-order valence-corrected chi connectivity index (χ4v) is 2.19. The van der Waals surface area contributed by atoms with E-state index in [-0.39, 0.29) is 31.5 Å². The Labute approximate surface area is 131 Å². The van der Waals surface area contributed by atoms with E-state index in [1.807, 2.05) is 0 Å². The van der Waals surface area contributed by atoms with Crippen molar-refractivity contribution in [1.29, 1.82) is 0 Å². The Kier molecular flexibility index (Phi) is 5.33. The molecule has 1 aliphatic heterocycles. The predicted octanol–water partition coefficient (Wildman–Crippen LogP) is 0.447. The highest BCUT2D eigenvalue weighted by Gasteiger charge is 2.32. The Morgan fingerprint density at radius 1 is 1.29 bits per heavy atom. The monoisotopic (exact) mass is 356 g/mol. The third-order valence-electron chi connectivity index (χ3n) is 3.21. The van der Waals surface area contributed by atoms with E-state index < -0.39 is 5.60 Å². The van der Waals surface area contributed by atoms with Crippen LogP contribution in [0.5, 0.6) is 0 Å². The summed E-state index contributed by atoms with van der Waals surface area (Å²) in [6, 6.07) is 6.83. The highest BCUT2D eigenvalue weighted by atomic mass is 79.9. The zero-order valence-corrected chi connectivity index (χ0v) is 13.0. The number of amides is 2. The van der Waals surface area contributed by atoms with E-state index >= 15 is 0 Å². The molecule has 1 aromatic carbocycles. The van der Waals surface area contributed by atoms with Crippen molar-refractivity contribution in [2.24, 2.45) is 0 Å². The van der Waals surface area contributed by atoms with Crippen molar-refractivity contribution in [3.8, 4) is 0 Å². The SMILES string of the molecule is O=C(CNC(=O)c1ccc(Br)cc1)NCC1(O)CCOC1. The third-order valence-corrected chi connectivity index (χ3v) is 3.74. The molecule has 3 N–H and O–H groups in total. The number of carbonyl (C=O) groups excluding carboxylic acids is 2. The lowest BCUT2D eigenvalue weighted by Gasteiger charge is -2.20. The number of halogens is 1. The number of aliphatic hydroxyl groups is 1. The van der Waals surface area contributed by atoms with E-state index in [4.69, 9.17) is 4.74 Å². The van der Waals surface area contributed by atoms with Crippen LogP contribution in [0.25, 0.3) is 0 Å². The number of hydrogen-bond donors (Lipinski definition) is 3. The van der Waals surface area contributed by atoms with E-state index in [1.54, 1.807) is 24.3 Å². The number of benzene rings is 1. The van der Waals surface area contributed by atoms with Gasteiger partial charge < -0.3 is 20.5 Å². The standard InChI is InChI=1S/C14H17BrN2O4/c15-11-3-1-10(2-4-11)13(19)16-7-12(18)17-8-14(20)5-6-21-9-14/h1-4,20H,5-9H2,(H,16,19)(H,17,18). The molecule has 1 atom stereocenters. The molecule has 1 saturated heterocycles. The summed E-state index contributed by atoms with van der Waals surface area (Å²) in [6.07, 6.45) is 0.499. The van der Waals surface area contributed by atoms with E-state index in [0.717, 1.165) is 4.47 Å². The maximum absolute atomic E-state index is 11.8. The van der Waals surface area contributed by atoms with Gasteiger partial charge in [-0.05, 0) is 24.3 Å². The van der Waals surface area contributed by atoms with Crippen LogP contribution in [0.2, 0.25) is 0 Å². The van der Waals surface area contributed by atoms with Crippen LogP contribution < -0.4 is 10.6 Å². The minimum Gasteiger partial charge on any atom is -0.386 e. The van der Waals surface area contributed by atoms with Crippen molar-refractivity contribution in [2.75, 3.05) is 26.3 Å². The molecular weight excluding hydrogens is 340 g/mol. The molecule has 1 fully saturated rings. The van der Waals surface area contributed by atoms with Gasteiger partial charge >= 0.3 is 0 Å². The van der Waals surface area contributed by atoms with Gasteiger partial charge in [0.1, 0.15) is 5.60 Å². The molecule has 2 rings (SSSR count). The van der Waals surface area contributed by atoms with Crippen molar-refractivity contribution in [3.05, 3.63) is 34.3 Å². The van der Waals surface area contributed by atoms with Crippen LogP contribution in [0.3, 0.4) is 0 Å². The van der Waals surface area contributed by atoms with Gasteiger partial charge in [-0.3, -0.25) is 9.59 Å². The van der Waals surface area contributed by atoms with Gasteiger partial charge in [0, 0.05) is 29.6 Å². The van der Waals surface area contributed by atoms with E-state index in [1.165, 1.54) is 0 Å². The van der Waals surface area contributed by atoms with Gasteiger partial charge in [0.05, 0.1) is 13.2 Å². The first-order valence-electron chi connectivity index (χ1n) is 6.59. The Balaban J connectivity index is 1.73. The molecule has 6 nitrogen and oxygen atoms in total. The van der Waals surface area contributed by atoms with Gasteiger partial charge in [-0.1, -0.05) is 15.9 Å². The summed E-state index contributed by atoms with van der Waals surface area (Å²) in [5.41, 5.74) is -0.514. The second kappa shape index (κ2) is 7.02. The number of carbonyl (C=O) groups is 2. The minimum atomic E-state index is -0.995. The summed E-state index contributed by atoms with van der Waals surface area (Å²) in [5, 5.41) is 15.1. The zero-order valence-electron chi connectivity index (χ0n) is 11.4. The number of ether oxygens (including phenoxy) is 1. The van der Waals surface area contributed by atoms with Gasteiger partial charge in [0.15, 0.2) is 0 Å². The van der Waals surface area contributed by atoms with Gasteiger partial charge in [0.25, 0.3) is 5.91 Å². The lowest BCUT2D eigenvalue weighted by Crippen LogP contribution is -2.46. The fourth-order valence-electron chi connectivity index (χ4n) is 1.93. The number of nitrogens with one attached hydrogen (secondary N) is 2. The second-order valence-electron chi connectivity index (χ2n) is 4.99. The molecule has 1 aromatic rings. The maximum atomic E-state index is 11.8. The zero-order chi connectivity index (χ0) is 15.3. The third kappa shape index (κ3) is 4.80. The van der Waals surface area contributed by atoms with Crippen molar-refractivity contribution in [3.63, 3.8) is 0 Å². The predicted molar refractivity (Wildman–Crippen MR) is 79.9 cm³/mol. The summed E-state index contributed by atoms with van der Waals surface area (Å²) < 4.78 is 5.96. The molecular formula is C14H17BrN2O4. The first kappa shape index (κ1) is 15.9. The summed E-state index contributed by atoms with van der Waals surface area (Å²) in [5.74, 6) is -0.665. The average Bonchev–Trinajstić information content (AvgIpc) is 2.91. The van der Waals surface area contributed by atoms with Crippen molar-refractivity contribution >= 4 is 27.7 Å². The van der Waals surface area contributed by atoms with E-state index in [2.05, 4.69) is 26.6 Å². The highest BCUT2D eigenvalue weighted by molar-refractivity contribution is 9.10. The van der Waals surface area contributed by atoms with Crippen LogP contribution in [0.1, 0.15) is 16.8 Å². The van der Waals surface area contributed by atoms with Gasteiger partial charge in [-0.15, -0.1) is 0 Å². The van der Waals surface area contributed by atoms with Crippen molar-refractivity contribution in [1.82, 2.24) is 10.6 Å². The average molecular weight is 357 g/mol. The van der Waals surface area contributed by atoms with Gasteiger partial charge in [-0.2, -0.15) is 0 Å². The molecule has 0 spiro atoms. The largest absolute Gasteiger partial charge is 0.386 e. The molecule has 1 unspecified atom stereocenters. The van der Waals surface area contributed by atoms with Gasteiger partial charge in [0.2, 0.25) is 5.91 Å². The number of hydrogen-bond acceptors (Lipinski definition) is 4. The maximum Gasteiger partial charge on any atom is 0.251 e. The summed E-state index contributed by atoms with van der Waals surface area (Å²) in [4.78, 5) is 23.5. The molecule has 0 radical (unpaired) electrons. The molecule has 1 aliphatic rings. The molecule has 21 heavy (non-hydrogen) atoms. The molecule has 7 heteroatoms. The molecule has 0 bridgehead atoms. The van der Waals surface area contributed by atoms with Crippen LogP contribution in [0, 0.1) is 0 Å². The molecule has 2 amide bonds. The van der Waals surface area contributed by atoms with Crippen molar-refractivity contribution in [2.45, 2.75) is 12.0 Å². The Hall–Kier alpha value is -1.44. The lowest BCUT2D eigenvalue weighted by atomic mass is 10.0. The first-order chi connectivity index (χ1) is 9.98. The summed E-state index contributed by atoms with van der Waals surface area (Å²) in [6.45, 7) is 0.705. The molecule has 0 aliphatic carbocycles. The van der Waals surface area contributed by atoms with Crippen LogP contribution in [-0.2, 0) is 9.53 Å². The molecule has 0 aromatic heterocycles. The van der Waals surface area contributed by atoms with Crippen molar-refractivity contribution < 1.29 is 19.4 Å². The Bertz CT molecular complexity index is 512. The summed E-state index contributed by atoms with van der Waals surface area (Å²) in [7, 11) is 0. The summed E-state index contributed by atoms with van der Waals surface area (Å²) >= 11 is 3.28. The normalized spacial score (nSPS) is 21.0. The quantitative estimate of drug-likeness (QED) is 0.714. The fraction of sp³-hybridized carbons (Fsp3) is 0.429. The van der Waals surface area contributed by atoms with E-state index in [0.29, 0.717) is 18.6 Å². The lowest BCUT2D eigenvalue weighted by molar-refractivity contribution is -0.121. The van der Waals surface area contributed by atoms with Crippen LogP contribution in [-0.4, -0.2) is 48.8 Å². The highest BCUT2D eigenvalue weighted by Crippen LogP contribution is 2.16.